The Bertz CT molecular complexity index is 1660. The number of hydrogen-bond donors (Lipinski definition) is 1. The lowest BCUT2D eigenvalue weighted by Gasteiger charge is -2.44. The molecule has 1 aliphatic heterocycles. The zero-order chi connectivity index (χ0) is 30.9. The van der Waals surface area contributed by atoms with Gasteiger partial charge in [0.15, 0.2) is 5.58 Å². The Kier molecular flexibility index (Phi) is 8.14. The first-order valence-corrected chi connectivity index (χ1v) is 14.3. The Morgan fingerprint density at radius 2 is 1.79 bits per heavy atom. The van der Waals surface area contributed by atoms with Crippen molar-refractivity contribution in [3.05, 3.63) is 71.0 Å². The minimum atomic E-state index is -4.53. The maximum atomic E-state index is 13.1. The fourth-order valence-electron chi connectivity index (χ4n) is 5.57. The van der Waals surface area contributed by atoms with Gasteiger partial charge in [-0.2, -0.15) is 18.4 Å². The molecule has 0 spiro atoms. The second kappa shape index (κ2) is 11.7. The Hall–Kier alpha value is -4.46. The number of halogens is 3. The molecule has 0 radical (unpaired) electrons. The van der Waals surface area contributed by atoms with E-state index in [0.29, 0.717) is 66.2 Å². The van der Waals surface area contributed by atoms with Crippen LogP contribution in [-0.4, -0.2) is 40.5 Å². The molecule has 5 rings (SSSR count). The van der Waals surface area contributed by atoms with Crippen LogP contribution >= 0.6 is 0 Å². The van der Waals surface area contributed by atoms with Gasteiger partial charge in [-0.25, -0.2) is 15.0 Å². The topological polar surface area (TPSA) is 108 Å². The van der Waals surface area contributed by atoms with E-state index in [1.54, 1.807) is 35.2 Å². The first-order valence-electron chi connectivity index (χ1n) is 14.3. The molecule has 2 aromatic carbocycles. The van der Waals surface area contributed by atoms with Gasteiger partial charge in [-0.05, 0) is 72.6 Å². The summed E-state index contributed by atoms with van der Waals surface area (Å²) in [5, 5.41) is 12.5. The summed E-state index contributed by atoms with van der Waals surface area (Å²) >= 11 is 0. The van der Waals surface area contributed by atoms with Crippen LogP contribution in [0.1, 0.15) is 73.6 Å². The van der Waals surface area contributed by atoms with E-state index in [-0.39, 0.29) is 29.1 Å². The lowest BCUT2D eigenvalue weighted by Crippen LogP contribution is -2.49. The molecule has 43 heavy (non-hydrogen) atoms. The molecule has 4 aromatic rings. The van der Waals surface area contributed by atoms with E-state index in [1.807, 2.05) is 19.9 Å². The molecular formula is C32H33F3N6O2. The van der Waals surface area contributed by atoms with Crippen LogP contribution in [0.2, 0.25) is 0 Å². The van der Waals surface area contributed by atoms with Gasteiger partial charge in [0, 0.05) is 42.5 Å². The number of amides is 1. The van der Waals surface area contributed by atoms with Crippen molar-refractivity contribution in [2.45, 2.75) is 52.6 Å². The minimum absolute atomic E-state index is 0.0705. The molecule has 1 saturated heterocycles. The van der Waals surface area contributed by atoms with Gasteiger partial charge in [0.05, 0.1) is 11.6 Å². The highest BCUT2D eigenvalue weighted by molar-refractivity contribution is 5.94. The molecule has 0 saturated carbocycles. The van der Waals surface area contributed by atoms with Crippen LogP contribution in [0.25, 0.3) is 22.6 Å². The fraction of sp³-hybridized carbons (Fsp3) is 0.406. The minimum Gasteiger partial charge on any atom is -0.436 e. The first-order chi connectivity index (χ1) is 20.4. The molecule has 1 aliphatic rings. The van der Waals surface area contributed by atoms with Gasteiger partial charge in [0.1, 0.15) is 11.2 Å². The van der Waals surface area contributed by atoms with E-state index in [0.717, 1.165) is 17.8 Å². The predicted octanol–water partition coefficient (Wildman–Crippen LogP) is 6.97. The van der Waals surface area contributed by atoms with Crippen molar-refractivity contribution in [3.8, 4) is 17.5 Å². The molecule has 1 amide bonds. The number of carbonyl (C=O) groups excluding carboxylic acids is 1. The summed E-state index contributed by atoms with van der Waals surface area (Å²) < 4.78 is 45.5. The highest BCUT2D eigenvalue weighted by atomic mass is 19.4. The molecule has 0 bridgehead atoms. The van der Waals surface area contributed by atoms with Crippen molar-refractivity contribution >= 4 is 23.0 Å². The highest BCUT2D eigenvalue weighted by Crippen LogP contribution is 2.39. The number of piperidine rings is 1. The van der Waals surface area contributed by atoms with E-state index < -0.39 is 11.9 Å². The third-order valence-corrected chi connectivity index (χ3v) is 8.47. The van der Waals surface area contributed by atoms with Gasteiger partial charge >= 0.3 is 6.18 Å². The molecular weight excluding hydrogens is 557 g/mol. The number of nitrogens with one attached hydrogen (secondary N) is 1. The maximum absolute atomic E-state index is 13.1. The van der Waals surface area contributed by atoms with E-state index in [2.05, 4.69) is 40.2 Å². The van der Waals surface area contributed by atoms with Crippen LogP contribution in [0.5, 0.6) is 0 Å². The molecule has 0 unspecified atom stereocenters. The zero-order valence-electron chi connectivity index (χ0n) is 24.5. The number of aromatic nitrogens is 3. The smallest absolute Gasteiger partial charge is 0.433 e. The van der Waals surface area contributed by atoms with E-state index in [4.69, 9.17) is 4.42 Å². The summed E-state index contributed by atoms with van der Waals surface area (Å²) in [5.74, 6) is 0.651. The summed E-state index contributed by atoms with van der Waals surface area (Å²) in [6.45, 7) is 9.68. The summed E-state index contributed by atoms with van der Waals surface area (Å²) in [7, 11) is 0. The van der Waals surface area contributed by atoms with Gasteiger partial charge in [-0.1, -0.05) is 27.7 Å². The number of nitriles is 1. The lowest BCUT2D eigenvalue weighted by atomic mass is 9.70. The molecule has 1 fully saturated rings. The molecule has 0 atom stereocenters. The van der Waals surface area contributed by atoms with Gasteiger partial charge < -0.3 is 14.6 Å². The number of hydrogen-bond acceptors (Lipinski definition) is 7. The molecule has 11 heteroatoms. The summed E-state index contributed by atoms with van der Waals surface area (Å²) in [6.07, 6.45) is -2.04. The number of nitrogens with zero attached hydrogens (tertiary/aromatic N) is 5. The third kappa shape index (κ3) is 6.19. The Labute approximate surface area is 248 Å². The number of anilines is 1. The molecule has 3 heterocycles. The van der Waals surface area contributed by atoms with Crippen LogP contribution in [0.4, 0.5) is 19.1 Å². The Morgan fingerprint density at radius 3 is 2.40 bits per heavy atom. The largest absolute Gasteiger partial charge is 0.436 e. The van der Waals surface area contributed by atoms with Crippen molar-refractivity contribution in [1.29, 1.82) is 5.26 Å². The van der Waals surface area contributed by atoms with Crippen LogP contribution < -0.4 is 10.2 Å². The molecule has 224 valence electrons. The molecule has 2 aromatic heterocycles. The van der Waals surface area contributed by atoms with Crippen molar-refractivity contribution < 1.29 is 22.4 Å². The first kappa shape index (κ1) is 30.0. The van der Waals surface area contributed by atoms with Crippen molar-refractivity contribution in [2.75, 3.05) is 24.5 Å². The normalized spacial score (nSPS) is 15.2. The van der Waals surface area contributed by atoms with E-state index >= 15 is 0 Å². The van der Waals surface area contributed by atoms with Crippen LogP contribution in [-0.2, 0) is 6.18 Å². The highest BCUT2D eigenvalue weighted by Gasteiger charge is 2.39. The number of alkyl halides is 3. The molecule has 8 nitrogen and oxygen atoms in total. The van der Waals surface area contributed by atoms with E-state index in [1.165, 1.54) is 0 Å². The van der Waals surface area contributed by atoms with Crippen molar-refractivity contribution in [1.82, 2.24) is 20.3 Å². The Balaban J connectivity index is 1.25. The number of rotatable bonds is 7. The van der Waals surface area contributed by atoms with E-state index in [9.17, 15) is 23.2 Å². The van der Waals surface area contributed by atoms with Crippen molar-refractivity contribution in [2.24, 2.45) is 11.3 Å². The van der Waals surface area contributed by atoms with Crippen LogP contribution in [0, 0.1) is 22.7 Å². The number of fused-ring (bicyclic) bond motifs is 1. The Morgan fingerprint density at radius 1 is 1.09 bits per heavy atom. The molecule has 0 aliphatic carbocycles. The third-order valence-electron chi connectivity index (χ3n) is 8.47. The average Bonchev–Trinajstić information content (AvgIpc) is 3.43. The van der Waals surface area contributed by atoms with Crippen molar-refractivity contribution in [3.63, 3.8) is 0 Å². The predicted molar refractivity (Wildman–Crippen MR) is 156 cm³/mol. The standard InChI is InChI=1S/C32H33F3N6O2/c1-19(2)24-15-21(17-36)16-25-27(24)43-29(39-25)23-7-5-22(6-8-23)28(42)38-18-31(20(3)4)10-13-41(14-11-31)30-37-12-9-26(40-30)32(33,34)35/h5-9,12,15-16,19-20H,10-11,13-14,18H2,1-4H3,(H,38,42). The quantitative estimate of drug-likeness (QED) is 0.248. The zero-order valence-corrected chi connectivity index (χ0v) is 24.5. The van der Waals surface area contributed by atoms with Crippen LogP contribution in [0.3, 0.4) is 0 Å². The second-order valence-corrected chi connectivity index (χ2v) is 11.7. The van der Waals surface area contributed by atoms with Gasteiger partial charge in [0.2, 0.25) is 11.8 Å². The maximum Gasteiger partial charge on any atom is 0.433 e. The van der Waals surface area contributed by atoms with Gasteiger partial charge in [-0.15, -0.1) is 0 Å². The van der Waals surface area contributed by atoms with Gasteiger partial charge in [0.25, 0.3) is 5.91 Å². The monoisotopic (exact) mass is 590 g/mol. The number of oxazole rings is 1. The summed E-state index contributed by atoms with van der Waals surface area (Å²) in [4.78, 5) is 27.3. The summed E-state index contributed by atoms with van der Waals surface area (Å²) in [5.41, 5.74) is 2.73. The fourth-order valence-corrected chi connectivity index (χ4v) is 5.57. The summed E-state index contributed by atoms with van der Waals surface area (Å²) in [6, 6.07) is 13.6. The lowest BCUT2D eigenvalue weighted by molar-refractivity contribution is -0.141. The van der Waals surface area contributed by atoms with Crippen LogP contribution in [0.15, 0.2) is 53.1 Å². The second-order valence-electron chi connectivity index (χ2n) is 11.7. The average molecular weight is 591 g/mol. The number of carbonyl (C=O) groups is 1. The molecule has 1 N–H and O–H groups in total. The van der Waals surface area contributed by atoms with Gasteiger partial charge in [-0.3, -0.25) is 4.79 Å². The number of benzene rings is 2. The SMILES string of the molecule is CC(C)c1cc(C#N)cc2nc(-c3ccc(C(=O)NCC4(C(C)C)CCN(c5nccc(C(F)(F)F)n5)CC4)cc3)oc12.